The van der Waals surface area contributed by atoms with Gasteiger partial charge in [-0.2, -0.15) is 0 Å². The van der Waals surface area contributed by atoms with Gasteiger partial charge in [0.25, 0.3) is 0 Å². The Morgan fingerprint density at radius 2 is 1.92 bits per heavy atom. The number of piperidine rings is 1. The van der Waals surface area contributed by atoms with Crippen molar-refractivity contribution in [1.82, 2.24) is 10.2 Å². The predicted molar refractivity (Wildman–Crippen MR) is 102 cm³/mol. The Morgan fingerprint density at radius 3 is 2.54 bits per heavy atom. The van der Waals surface area contributed by atoms with Crippen LogP contribution in [0.5, 0.6) is 0 Å². The van der Waals surface area contributed by atoms with E-state index in [4.69, 9.17) is 11.6 Å². The predicted octanol–water partition coefficient (Wildman–Crippen LogP) is 4.03. The molecule has 3 rings (SSSR count). The summed E-state index contributed by atoms with van der Waals surface area (Å²) < 4.78 is 0. The van der Waals surface area contributed by atoms with Crippen LogP contribution in [0.1, 0.15) is 44.1 Å². The zero-order valence-electron chi connectivity index (χ0n) is 14.4. The van der Waals surface area contributed by atoms with Gasteiger partial charge < -0.3 is 10.2 Å². The third-order valence-corrected chi connectivity index (χ3v) is 5.81. The molecule has 134 valence electrons. The Bertz CT molecular complexity index is 539. The first-order chi connectivity index (χ1) is 11.2. The highest BCUT2D eigenvalue weighted by atomic mass is 35.5. The maximum absolute atomic E-state index is 13.4. The van der Waals surface area contributed by atoms with Gasteiger partial charge in [0.15, 0.2) is 0 Å². The second-order valence-electron chi connectivity index (χ2n) is 7.11. The van der Waals surface area contributed by atoms with Gasteiger partial charge in [-0.25, -0.2) is 0 Å². The molecule has 0 aromatic heterocycles. The Hall–Kier alpha value is -0.770. The molecule has 1 aliphatic heterocycles. The molecule has 1 unspecified atom stereocenters. The van der Waals surface area contributed by atoms with Crippen molar-refractivity contribution in [2.24, 2.45) is 5.92 Å². The normalized spacial score (nSPS) is 22.9. The molecule has 24 heavy (non-hydrogen) atoms. The van der Waals surface area contributed by atoms with Gasteiger partial charge in [-0.1, -0.05) is 36.6 Å². The molecule has 1 aromatic carbocycles. The first-order valence-electron chi connectivity index (χ1n) is 8.86. The number of halogens is 2. The molecular weight excluding hydrogens is 343 g/mol. The Morgan fingerprint density at radius 1 is 1.25 bits per heavy atom. The van der Waals surface area contributed by atoms with E-state index in [1.165, 1.54) is 6.42 Å². The topological polar surface area (TPSA) is 32.3 Å². The third-order valence-electron chi connectivity index (χ3n) is 5.56. The summed E-state index contributed by atoms with van der Waals surface area (Å²) in [5.74, 6) is 0.930. The molecule has 0 radical (unpaired) electrons. The Kier molecular flexibility index (Phi) is 6.97. The first-order valence-corrected chi connectivity index (χ1v) is 9.23. The third kappa shape index (κ3) is 3.89. The van der Waals surface area contributed by atoms with Gasteiger partial charge in [0, 0.05) is 18.1 Å². The maximum atomic E-state index is 13.4. The molecule has 1 aliphatic carbocycles. The first kappa shape index (κ1) is 19.6. The van der Waals surface area contributed by atoms with Crippen molar-refractivity contribution in [3.8, 4) is 0 Å². The van der Waals surface area contributed by atoms with E-state index in [1.54, 1.807) is 0 Å². The molecule has 0 bridgehead atoms. The quantitative estimate of drug-likeness (QED) is 0.867. The van der Waals surface area contributed by atoms with Gasteiger partial charge in [0.05, 0.1) is 5.41 Å². The summed E-state index contributed by atoms with van der Waals surface area (Å²) in [7, 11) is 1.99. The van der Waals surface area contributed by atoms with Crippen LogP contribution in [-0.2, 0) is 10.2 Å². The second-order valence-corrected chi connectivity index (χ2v) is 7.55. The lowest BCUT2D eigenvalue weighted by atomic mass is 9.77. The SMILES string of the molecule is CNCC1CCCN(C(=O)C2(c3ccc(Cl)cc3)CCCC2)C1.Cl. The number of hydrogen-bond acceptors (Lipinski definition) is 2. The summed E-state index contributed by atoms with van der Waals surface area (Å²) in [6.07, 6.45) is 6.57. The van der Waals surface area contributed by atoms with Crippen LogP contribution >= 0.6 is 24.0 Å². The minimum atomic E-state index is -0.313. The van der Waals surface area contributed by atoms with Crippen LogP contribution in [0.2, 0.25) is 5.02 Å². The fourth-order valence-electron chi connectivity index (χ4n) is 4.38. The van der Waals surface area contributed by atoms with Crippen molar-refractivity contribution < 1.29 is 4.79 Å². The maximum Gasteiger partial charge on any atom is 0.233 e. The molecule has 2 aliphatic rings. The van der Waals surface area contributed by atoms with Crippen molar-refractivity contribution in [1.29, 1.82) is 0 Å². The molecule has 0 spiro atoms. The van der Waals surface area contributed by atoms with E-state index in [0.717, 1.165) is 62.3 Å². The van der Waals surface area contributed by atoms with Crippen LogP contribution in [0.25, 0.3) is 0 Å². The van der Waals surface area contributed by atoms with E-state index < -0.39 is 0 Å². The highest BCUT2D eigenvalue weighted by Gasteiger charge is 2.45. The largest absolute Gasteiger partial charge is 0.342 e. The molecular formula is C19H28Cl2N2O. The number of nitrogens with zero attached hydrogens (tertiary/aromatic N) is 1. The van der Waals surface area contributed by atoms with Crippen molar-refractivity contribution >= 4 is 29.9 Å². The van der Waals surface area contributed by atoms with E-state index in [1.807, 2.05) is 19.2 Å². The highest BCUT2D eigenvalue weighted by molar-refractivity contribution is 6.30. The van der Waals surface area contributed by atoms with Crippen molar-refractivity contribution in [2.75, 3.05) is 26.7 Å². The zero-order chi connectivity index (χ0) is 16.3. The molecule has 1 amide bonds. The molecule has 1 saturated heterocycles. The van der Waals surface area contributed by atoms with Crippen molar-refractivity contribution in [2.45, 2.75) is 43.9 Å². The minimum absolute atomic E-state index is 0. The Balaban J connectivity index is 0.00000208. The number of benzene rings is 1. The summed E-state index contributed by atoms with van der Waals surface area (Å²) in [5.41, 5.74) is 0.840. The van der Waals surface area contributed by atoms with Crippen molar-refractivity contribution in [3.63, 3.8) is 0 Å². The van der Waals surface area contributed by atoms with Gasteiger partial charge in [0.2, 0.25) is 5.91 Å². The van der Waals surface area contributed by atoms with Crippen LogP contribution in [0.4, 0.5) is 0 Å². The zero-order valence-corrected chi connectivity index (χ0v) is 16.0. The summed E-state index contributed by atoms with van der Waals surface area (Å²) >= 11 is 6.04. The van der Waals surface area contributed by atoms with Gasteiger partial charge in [-0.3, -0.25) is 4.79 Å². The molecule has 3 nitrogen and oxygen atoms in total. The minimum Gasteiger partial charge on any atom is -0.342 e. The van der Waals surface area contributed by atoms with Gasteiger partial charge >= 0.3 is 0 Å². The standard InChI is InChI=1S/C19H27ClN2O.ClH/c1-21-13-15-5-4-12-22(14-15)18(23)19(10-2-3-11-19)16-6-8-17(20)9-7-16;/h6-9,15,21H,2-5,10-14H2,1H3;1H. The lowest BCUT2D eigenvalue weighted by Crippen LogP contribution is -2.50. The molecule has 1 saturated carbocycles. The monoisotopic (exact) mass is 370 g/mol. The van der Waals surface area contributed by atoms with Crippen LogP contribution < -0.4 is 5.32 Å². The van der Waals surface area contributed by atoms with Crippen LogP contribution in [0, 0.1) is 5.92 Å². The Labute approximate surface area is 156 Å². The van der Waals surface area contributed by atoms with Crippen LogP contribution in [-0.4, -0.2) is 37.5 Å². The average molecular weight is 371 g/mol. The second kappa shape index (κ2) is 8.55. The van der Waals surface area contributed by atoms with Crippen LogP contribution in [0.3, 0.4) is 0 Å². The molecule has 1 N–H and O–H groups in total. The van der Waals surface area contributed by atoms with E-state index in [-0.39, 0.29) is 17.8 Å². The van der Waals surface area contributed by atoms with Crippen LogP contribution in [0.15, 0.2) is 24.3 Å². The lowest BCUT2D eigenvalue weighted by Gasteiger charge is -2.39. The van der Waals surface area contributed by atoms with E-state index in [9.17, 15) is 4.79 Å². The molecule has 2 fully saturated rings. The molecule has 1 aromatic rings. The summed E-state index contributed by atoms with van der Waals surface area (Å²) in [4.78, 5) is 15.6. The number of hydrogen-bond donors (Lipinski definition) is 1. The summed E-state index contributed by atoms with van der Waals surface area (Å²) in [6, 6.07) is 7.95. The van der Waals surface area contributed by atoms with E-state index in [2.05, 4.69) is 22.3 Å². The number of nitrogens with one attached hydrogen (secondary N) is 1. The molecule has 1 heterocycles. The number of carbonyl (C=O) groups excluding carboxylic acids is 1. The highest BCUT2D eigenvalue weighted by Crippen LogP contribution is 2.43. The van der Waals surface area contributed by atoms with Gasteiger partial charge in [-0.15, -0.1) is 12.4 Å². The summed E-state index contributed by atoms with van der Waals surface area (Å²) in [5, 5.41) is 4.00. The summed E-state index contributed by atoms with van der Waals surface area (Å²) in [6.45, 7) is 2.81. The fraction of sp³-hybridized carbons (Fsp3) is 0.632. The molecule has 1 atom stereocenters. The van der Waals surface area contributed by atoms with Gasteiger partial charge in [0.1, 0.15) is 0 Å². The fourth-order valence-corrected chi connectivity index (χ4v) is 4.51. The number of amides is 1. The molecule has 5 heteroatoms. The number of rotatable bonds is 4. The van der Waals surface area contributed by atoms with Crippen molar-refractivity contribution in [3.05, 3.63) is 34.9 Å². The average Bonchev–Trinajstić information content (AvgIpc) is 3.06. The lowest BCUT2D eigenvalue weighted by molar-refractivity contribution is -0.139. The van der Waals surface area contributed by atoms with Gasteiger partial charge in [-0.05, 0) is 62.9 Å². The van der Waals surface area contributed by atoms with E-state index in [0.29, 0.717) is 11.8 Å². The smallest absolute Gasteiger partial charge is 0.233 e. The number of likely N-dealkylation sites (tertiary alicyclic amines) is 1. The van der Waals surface area contributed by atoms with E-state index >= 15 is 0 Å². The number of carbonyl (C=O) groups is 1.